The maximum atomic E-state index is 12.6. The minimum Gasteiger partial charge on any atom is -0.335 e. The zero-order valence-corrected chi connectivity index (χ0v) is 13.1. The summed E-state index contributed by atoms with van der Waals surface area (Å²) < 4.78 is 0. The zero-order valence-electron chi connectivity index (χ0n) is 12.3. The van der Waals surface area contributed by atoms with Crippen LogP contribution in [0.15, 0.2) is 6.07 Å². The quantitative estimate of drug-likeness (QED) is 0.622. The molecule has 112 valence electrons. The average molecular weight is 303 g/mol. The Labute approximate surface area is 130 Å². The topological polar surface area (TPSA) is 47.3 Å². The van der Waals surface area contributed by atoms with Gasteiger partial charge in [-0.1, -0.05) is 6.42 Å². The van der Waals surface area contributed by atoms with Gasteiger partial charge in [-0.2, -0.15) is 5.26 Å². The van der Waals surface area contributed by atoms with Gasteiger partial charge in [0.1, 0.15) is 0 Å². The van der Waals surface area contributed by atoms with E-state index in [0.29, 0.717) is 6.54 Å². The highest BCUT2D eigenvalue weighted by molar-refractivity contribution is 7.14. The number of rotatable bonds is 2. The van der Waals surface area contributed by atoms with E-state index in [-0.39, 0.29) is 5.91 Å². The molecule has 4 nitrogen and oxygen atoms in total. The first-order valence-electron chi connectivity index (χ1n) is 7.78. The van der Waals surface area contributed by atoms with Gasteiger partial charge in [0.25, 0.3) is 5.91 Å². The van der Waals surface area contributed by atoms with Crippen LogP contribution >= 0.6 is 11.3 Å². The Morgan fingerprint density at radius 2 is 1.95 bits per heavy atom. The van der Waals surface area contributed by atoms with E-state index in [1.54, 1.807) is 11.3 Å². The number of hydrogen-bond donors (Lipinski definition) is 0. The molecule has 0 bridgehead atoms. The Morgan fingerprint density at radius 1 is 1.19 bits per heavy atom. The van der Waals surface area contributed by atoms with E-state index in [0.717, 1.165) is 43.9 Å². The summed E-state index contributed by atoms with van der Waals surface area (Å²) in [5.41, 5.74) is 1.41. The third-order valence-corrected chi connectivity index (χ3v) is 5.64. The number of fused-ring (bicyclic) bond motifs is 1. The Bertz CT molecular complexity index is 529. The smallest absolute Gasteiger partial charge is 0.264 e. The first-order valence-corrected chi connectivity index (χ1v) is 8.60. The number of nitrogens with zero attached hydrogens (tertiary/aromatic N) is 3. The first kappa shape index (κ1) is 14.6. The molecule has 1 aromatic heterocycles. The zero-order chi connectivity index (χ0) is 14.7. The molecule has 5 heteroatoms. The molecule has 1 aliphatic heterocycles. The lowest BCUT2D eigenvalue weighted by atomic mass is 10.1. The maximum absolute atomic E-state index is 12.6. The van der Waals surface area contributed by atoms with E-state index < -0.39 is 0 Å². The van der Waals surface area contributed by atoms with Crippen molar-refractivity contribution in [3.05, 3.63) is 21.4 Å². The number of amides is 1. The number of carbonyl (C=O) groups is 1. The van der Waals surface area contributed by atoms with Crippen LogP contribution in [0.4, 0.5) is 0 Å². The molecule has 0 atom stereocenters. The van der Waals surface area contributed by atoms with Gasteiger partial charge in [0.05, 0.1) is 17.5 Å². The molecular weight excluding hydrogens is 282 g/mol. The van der Waals surface area contributed by atoms with E-state index in [2.05, 4.69) is 17.0 Å². The Balaban J connectivity index is 1.65. The highest BCUT2D eigenvalue weighted by Crippen LogP contribution is 2.29. The number of hydrogen-bond acceptors (Lipinski definition) is 4. The highest BCUT2D eigenvalue weighted by Gasteiger charge is 2.24. The van der Waals surface area contributed by atoms with Crippen LogP contribution in [0, 0.1) is 11.3 Å². The fourth-order valence-electron chi connectivity index (χ4n) is 3.14. The molecule has 0 unspecified atom stereocenters. The predicted octanol–water partition coefficient (Wildman–Crippen LogP) is 2.30. The van der Waals surface area contributed by atoms with E-state index >= 15 is 0 Å². The molecule has 2 aliphatic rings. The van der Waals surface area contributed by atoms with Crippen LogP contribution in [-0.2, 0) is 12.8 Å². The molecule has 1 amide bonds. The summed E-state index contributed by atoms with van der Waals surface area (Å²) in [7, 11) is 0. The van der Waals surface area contributed by atoms with Gasteiger partial charge in [0.15, 0.2) is 0 Å². The summed E-state index contributed by atoms with van der Waals surface area (Å²) >= 11 is 1.70. The normalized spacial score (nSPS) is 19.7. The Hall–Kier alpha value is -1.38. The largest absolute Gasteiger partial charge is 0.335 e. The summed E-state index contributed by atoms with van der Waals surface area (Å²) in [4.78, 5) is 19.0. The molecule has 0 saturated carbocycles. The second-order valence-electron chi connectivity index (χ2n) is 5.85. The lowest BCUT2D eigenvalue weighted by molar-refractivity contribution is 0.0656. The third-order valence-electron chi connectivity index (χ3n) is 4.41. The third kappa shape index (κ3) is 3.28. The number of nitriles is 1. The summed E-state index contributed by atoms with van der Waals surface area (Å²) in [6.07, 6.45) is 6.10. The molecule has 1 fully saturated rings. The van der Waals surface area contributed by atoms with E-state index in [1.807, 2.05) is 4.90 Å². The van der Waals surface area contributed by atoms with Gasteiger partial charge in [-0.15, -0.1) is 11.3 Å². The molecular formula is C16H21N3OS. The van der Waals surface area contributed by atoms with Crippen LogP contribution in [0.2, 0.25) is 0 Å². The standard InChI is InChI=1S/C16H21N3OS/c17-6-7-18-8-10-19(11-9-18)16(20)15-12-13-4-2-1-3-5-14(13)21-15/h12H,1-5,7-11H2. The van der Waals surface area contributed by atoms with Crippen LogP contribution in [0.5, 0.6) is 0 Å². The van der Waals surface area contributed by atoms with Crippen LogP contribution in [0.1, 0.15) is 39.4 Å². The molecule has 1 aromatic rings. The fourth-order valence-corrected chi connectivity index (χ4v) is 4.36. The number of piperazine rings is 1. The van der Waals surface area contributed by atoms with Gasteiger partial charge in [-0.05, 0) is 37.3 Å². The van der Waals surface area contributed by atoms with Crippen molar-refractivity contribution in [2.75, 3.05) is 32.7 Å². The van der Waals surface area contributed by atoms with Crippen molar-refractivity contribution in [3.8, 4) is 6.07 Å². The molecule has 1 saturated heterocycles. The minimum absolute atomic E-state index is 0.185. The van der Waals surface area contributed by atoms with Crippen LogP contribution in [-0.4, -0.2) is 48.4 Å². The van der Waals surface area contributed by atoms with Gasteiger partial charge >= 0.3 is 0 Å². The van der Waals surface area contributed by atoms with Gasteiger partial charge in [-0.25, -0.2) is 0 Å². The van der Waals surface area contributed by atoms with Crippen molar-refractivity contribution >= 4 is 17.2 Å². The molecule has 0 radical (unpaired) electrons. The number of aryl methyl sites for hydroxylation is 2. The fraction of sp³-hybridized carbons (Fsp3) is 0.625. The summed E-state index contributed by atoms with van der Waals surface area (Å²) in [6.45, 7) is 3.57. The molecule has 0 N–H and O–H groups in total. The molecule has 3 rings (SSSR count). The van der Waals surface area contributed by atoms with Crippen molar-refractivity contribution < 1.29 is 4.79 Å². The Kier molecular flexibility index (Phi) is 4.57. The van der Waals surface area contributed by atoms with Crippen LogP contribution in [0.25, 0.3) is 0 Å². The molecule has 0 spiro atoms. The molecule has 1 aliphatic carbocycles. The first-order chi connectivity index (χ1) is 10.3. The maximum Gasteiger partial charge on any atom is 0.264 e. The molecule has 0 aromatic carbocycles. The lowest BCUT2D eigenvalue weighted by Crippen LogP contribution is -2.48. The summed E-state index contributed by atoms with van der Waals surface area (Å²) in [5, 5.41) is 8.72. The lowest BCUT2D eigenvalue weighted by Gasteiger charge is -2.33. The minimum atomic E-state index is 0.185. The SMILES string of the molecule is N#CCN1CCN(C(=O)c2cc3c(s2)CCCCC3)CC1. The monoisotopic (exact) mass is 303 g/mol. The number of carbonyl (C=O) groups excluding carboxylic acids is 1. The van der Waals surface area contributed by atoms with E-state index in [9.17, 15) is 4.79 Å². The summed E-state index contributed by atoms with van der Waals surface area (Å²) in [6, 6.07) is 4.31. The van der Waals surface area contributed by atoms with Crippen LogP contribution in [0.3, 0.4) is 0 Å². The second-order valence-corrected chi connectivity index (χ2v) is 6.98. The van der Waals surface area contributed by atoms with Crippen molar-refractivity contribution in [1.29, 1.82) is 5.26 Å². The number of thiophene rings is 1. The van der Waals surface area contributed by atoms with Crippen molar-refractivity contribution in [3.63, 3.8) is 0 Å². The van der Waals surface area contributed by atoms with E-state index in [1.165, 1.54) is 29.7 Å². The highest BCUT2D eigenvalue weighted by atomic mass is 32.1. The average Bonchev–Trinajstić information content (AvgIpc) is 2.79. The predicted molar refractivity (Wildman–Crippen MR) is 83.5 cm³/mol. The van der Waals surface area contributed by atoms with Crippen molar-refractivity contribution in [2.45, 2.75) is 32.1 Å². The molecule has 21 heavy (non-hydrogen) atoms. The van der Waals surface area contributed by atoms with Gasteiger partial charge in [0, 0.05) is 31.1 Å². The van der Waals surface area contributed by atoms with Gasteiger partial charge < -0.3 is 4.90 Å². The van der Waals surface area contributed by atoms with Gasteiger partial charge in [0.2, 0.25) is 0 Å². The van der Waals surface area contributed by atoms with Gasteiger partial charge in [-0.3, -0.25) is 9.69 Å². The Morgan fingerprint density at radius 3 is 2.71 bits per heavy atom. The van der Waals surface area contributed by atoms with Crippen molar-refractivity contribution in [2.24, 2.45) is 0 Å². The molecule has 2 heterocycles. The van der Waals surface area contributed by atoms with E-state index in [4.69, 9.17) is 5.26 Å². The summed E-state index contributed by atoms with van der Waals surface area (Å²) in [5.74, 6) is 0.185. The van der Waals surface area contributed by atoms with Crippen molar-refractivity contribution in [1.82, 2.24) is 9.80 Å². The van der Waals surface area contributed by atoms with Crippen LogP contribution < -0.4 is 0 Å². The second kappa shape index (κ2) is 6.59.